The number of carbonyl (C=O) groups is 2. The summed E-state index contributed by atoms with van der Waals surface area (Å²) in [6.07, 6.45) is 5.67. The van der Waals surface area contributed by atoms with E-state index in [4.69, 9.17) is 11.6 Å². The zero-order valence-electron chi connectivity index (χ0n) is 18.0. The molecule has 0 spiro atoms. The van der Waals surface area contributed by atoms with Crippen molar-refractivity contribution in [3.05, 3.63) is 63.7 Å². The van der Waals surface area contributed by atoms with Crippen LogP contribution in [0.1, 0.15) is 52.7 Å². The molecular weight excluding hydrogens is 431 g/mol. The van der Waals surface area contributed by atoms with Crippen molar-refractivity contribution in [2.75, 3.05) is 31.6 Å². The average Bonchev–Trinajstić information content (AvgIpc) is 3.17. The molecule has 2 aromatic rings. The average molecular weight is 461 g/mol. The number of nitrogens with zero attached hydrogens (tertiary/aromatic N) is 2. The predicted molar refractivity (Wildman–Crippen MR) is 129 cm³/mol. The number of benzene rings is 2. The molecule has 0 radical (unpaired) electrons. The summed E-state index contributed by atoms with van der Waals surface area (Å²) in [6.45, 7) is 2.73. The SMILES string of the molecule is CN(CCCCC(=O)c1cc2c3c(c1)CCN3C(=O)CC2)CCc1cccc(Cl)c1.Cl. The Balaban J connectivity index is 0.00000272. The number of rotatable bonds is 9. The molecule has 6 heteroatoms. The number of ketones is 1. The first kappa shape index (κ1) is 23.8. The Hall–Kier alpha value is -1.88. The normalized spacial score (nSPS) is 14.5. The van der Waals surface area contributed by atoms with E-state index in [1.807, 2.05) is 35.2 Å². The van der Waals surface area contributed by atoms with Crippen LogP contribution < -0.4 is 4.90 Å². The van der Waals surface area contributed by atoms with Crippen LogP contribution in [0.15, 0.2) is 36.4 Å². The number of likely N-dealkylation sites (N-methyl/N-ethyl adjacent to an activating group) is 1. The summed E-state index contributed by atoms with van der Waals surface area (Å²) in [6, 6.07) is 12.1. The van der Waals surface area contributed by atoms with Gasteiger partial charge in [-0.25, -0.2) is 0 Å². The maximum absolute atomic E-state index is 12.8. The standard InChI is InChI=1S/C25H29ClN2O2.ClH/c1-27(13-10-18-5-4-6-22(26)15-18)12-3-2-7-23(29)21-16-19-8-9-24(30)28-14-11-20(17-21)25(19)28;/h4-6,15-17H,2-3,7-14H2,1H3;1H. The Morgan fingerprint density at radius 3 is 2.61 bits per heavy atom. The summed E-state index contributed by atoms with van der Waals surface area (Å²) in [5.41, 5.74) is 5.52. The molecule has 2 heterocycles. The summed E-state index contributed by atoms with van der Waals surface area (Å²) in [5, 5.41) is 0.786. The Labute approximate surface area is 196 Å². The van der Waals surface area contributed by atoms with Crippen molar-refractivity contribution in [1.29, 1.82) is 0 Å². The molecular formula is C25H30Cl2N2O2. The molecule has 0 atom stereocenters. The highest BCUT2D eigenvalue weighted by atomic mass is 35.5. The van der Waals surface area contributed by atoms with Crippen molar-refractivity contribution < 1.29 is 9.59 Å². The number of carbonyl (C=O) groups excluding carboxylic acids is 2. The quantitative estimate of drug-likeness (QED) is 0.384. The van der Waals surface area contributed by atoms with Gasteiger partial charge in [-0.2, -0.15) is 0 Å². The fourth-order valence-corrected chi connectivity index (χ4v) is 4.77. The largest absolute Gasteiger partial charge is 0.312 e. The predicted octanol–water partition coefficient (Wildman–Crippen LogP) is 5.12. The number of hydrogen-bond donors (Lipinski definition) is 0. The lowest BCUT2D eigenvalue weighted by molar-refractivity contribution is -0.118. The number of hydrogen-bond acceptors (Lipinski definition) is 3. The molecule has 0 N–H and O–H groups in total. The fraction of sp³-hybridized carbons (Fsp3) is 0.440. The summed E-state index contributed by atoms with van der Waals surface area (Å²) in [7, 11) is 2.13. The maximum Gasteiger partial charge on any atom is 0.227 e. The second kappa shape index (κ2) is 10.6. The van der Waals surface area contributed by atoms with E-state index in [0.717, 1.165) is 68.0 Å². The van der Waals surface area contributed by atoms with Gasteiger partial charge in [-0.15, -0.1) is 12.4 Å². The zero-order chi connectivity index (χ0) is 21.1. The van der Waals surface area contributed by atoms with Crippen LogP contribution in [0.4, 0.5) is 5.69 Å². The van der Waals surface area contributed by atoms with Crippen molar-refractivity contribution in [2.24, 2.45) is 0 Å². The molecule has 0 saturated carbocycles. The van der Waals surface area contributed by atoms with E-state index < -0.39 is 0 Å². The van der Waals surface area contributed by atoms with Crippen LogP contribution in [0.5, 0.6) is 0 Å². The molecule has 2 aromatic carbocycles. The lowest BCUT2D eigenvalue weighted by Crippen LogP contribution is -2.32. The monoisotopic (exact) mass is 460 g/mol. The first-order valence-corrected chi connectivity index (χ1v) is 11.3. The minimum Gasteiger partial charge on any atom is -0.312 e. The van der Waals surface area contributed by atoms with Crippen molar-refractivity contribution in [2.45, 2.75) is 44.9 Å². The lowest BCUT2D eigenvalue weighted by atomic mass is 9.94. The minimum atomic E-state index is 0. The van der Waals surface area contributed by atoms with Crippen LogP contribution >= 0.6 is 24.0 Å². The summed E-state index contributed by atoms with van der Waals surface area (Å²) in [5.74, 6) is 0.450. The number of anilines is 1. The number of halogens is 2. The van der Waals surface area contributed by atoms with Crippen LogP contribution in [-0.4, -0.2) is 43.3 Å². The number of unbranched alkanes of at least 4 members (excludes halogenated alkanes) is 1. The van der Waals surface area contributed by atoms with Gasteiger partial charge in [-0.1, -0.05) is 23.7 Å². The first-order chi connectivity index (χ1) is 14.5. The van der Waals surface area contributed by atoms with Crippen LogP contribution in [0.25, 0.3) is 0 Å². The van der Waals surface area contributed by atoms with Crippen molar-refractivity contribution in [1.82, 2.24) is 4.90 Å². The van der Waals surface area contributed by atoms with Crippen LogP contribution in [0, 0.1) is 0 Å². The van der Waals surface area contributed by atoms with E-state index in [1.165, 1.54) is 16.7 Å². The second-order valence-corrected chi connectivity index (χ2v) is 8.94. The maximum atomic E-state index is 12.8. The minimum absolute atomic E-state index is 0. The van der Waals surface area contributed by atoms with Crippen LogP contribution in [0.2, 0.25) is 5.02 Å². The third-order valence-corrected chi connectivity index (χ3v) is 6.47. The lowest BCUT2D eigenvalue weighted by Gasteiger charge is -2.25. The number of aryl methyl sites for hydroxylation is 1. The summed E-state index contributed by atoms with van der Waals surface area (Å²) >= 11 is 6.05. The van der Waals surface area contributed by atoms with Gasteiger partial charge in [0.15, 0.2) is 5.78 Å². The van der Waals surface area contributed by atoms with Crippen LogP contribution in [-0.2, 0) is 24.1 Å². The number of amides is 1. The summed E-state index contributed by atoms with van der Waals surface area (Å²) in [4.78, 5) is 29.0. The van der Waals surface area contributed by atoms with Crippen molar-refractivity contribution >= 4 is 41.4 Å². The van der Waals surface area contributed by atoms with E-state index in [9.17, 15) is 9.59 Å². The first-order valence-electron chi connectivity index (χ1n) is 10.9. The second-order valence-electron chi connectivity index (χ2n) is 8.50. The van der Waals surface area contributed by atoms with Gasteiger partial charge < -0.3 is 9.80 Å². The van der Waals surface area contributed by atoms with Crippen molar-refractivity contribution in [3.8, 4) is 0 Å². The van der Waals surface area contributed by atoms with E-state index in [0.29, 0.717) is 12.8 Å². The summed E-state index contributed by atoms with van der Waals surface area (Å²) < 4.78 is 0. The molecule has 4 rings (SSSR count). The molecule has 166 valence electrons. The molecule has 0 aliphatic carbocycles. The van der Waals surface area contributed by atoms with Crippen molar-refractivity contribution in [3.63, 3.8) is 0 Å². The van der Waals surface area contributed by atoms with E-state index in [2.05, 4.69) is 18.0 Å². The topological polar surface area (TPSA) is 40.6 Å². The Morgan fingerprint density at radius 1 is 1.06 bits per heavy atom. The molecule has 4 nitrogen and oxygen atoms in total. The van der Waals surface area contributed by atoms with Gasteiger partial charge >= 0.3 is 0 Å². The molecule has 0 fully saturated rings. The third-order valence-electron chi connectivity index (χ3n) is 6.24. The molecule has 31 heavy (non-hydrogen) atoms. The van der Waals surface area contributed by atoms with Gasteiger partial charge in [0.1, 0.15) is 0 Å². The molecule has 2 aliphatic heterocycles. The Bertz CT molecular complexity index is 961. The highest BCUT2D eigenvalue weighted by Crippen LogP contribution is 2.37. The molecule has 0 aromatic heterocycles. The molecule has 1 amide bonds. The van der Waals surface area contributed by atoms with Gasteiger partial charge in [0.25, 0.3) is 0 Å². The zero-order valence-corrected chi connectivity index (χ0v) is 19.6. The smallest absolute Gasteiger partial charge is 0.227 e. The fourth-order valence-electron chi connectivity index (χ4n) is 4.55. The molecule has 2 aliphatic rings. The Morgan fingerprint density at radius 2 is 1.84 bits per heavy atom. The Kier molecular flexibility index (Phi) is 8.15. The highest BCUT2D eigenvalue weighted by molar-refractivity contribution is 6.30. The van der Waals surface area contributed by atoms with E-state index in [-0.39, 0.29) is 24.1 Å². The van der Waals surface area contributed by atoms with Crippen LogP contribution in [0.3, 0.4) is 0 Å². The van der Waals surface area contributed by atoms with E-state index in [1.54, 1.807) is 0 Å². The van der Waals surface area contributed by atoms with Gasteiger partial charge in [0.05, 0.1) is 5.69 Å². The number of Topliss-reactive ketones (excluding diaryl/α,β-unsaturated/α-hetero) is 1. The van der Waals surface area contributed by atoms with Gasteiger partial charge in [0, 0.05) is 36.5 Å². The molecule has 0 saturated heterocycles. The van der Waals surface area contributed by atoms with Gasteiger partial charge in [-0.3, -0.25) is 9.59 Å². The third kappa shape index (κ3) is 5.68. The molecule has 0 bridgehead atoms. The highest BCUT2D eigenvalue weighted by Gasteiger charge is 2.31. The molecule has 0 unspecified atom stereocenters. The van der Waals surface area contributed by atoms with Gasteiger partial charge in [-0.05, 0) is 86.7 Å². The van der Waals surface area contributed by atoms with Gasteiger partial charge in [0.2, 0.25) is 5.91 Å². The van der Waals surface area contributed by atoms with E-state index >= 15 is 0 Å².